The van der Waals surface area contributed by atoms with E-state index < -0.39 is 0 Å². The number of anilines is 1. The fourth-order valence-electron chi connectivity index (χ4n) is 1.80. The standard InChI is InChI=1S/C14H18N2O/c1-9(14-16-10(2)11(3)17-14)8-12-4-6-13(15)7-5-12/h4-7,9H,8,15H2,1-3H3. The molecule has 2 rings (SSSR count). The Balaban J connectivity index is 2.11. The lowest BCUT2D eigenvalue weighted by Gasteiger charge is -2.07. The number of hydrogen-bond donors (Lipinski definition) is 1. The van der Waals surface area contributed by atoms with E-state index in [2.05, 4.69) is 24.0 Å². The molecule has 2 aromatic rings. The van der Waals surface area contributed by atoms with Crippen molar-refractivity contribution in [1.82, 2.24) is 4.98 Å². The zero-order chi connectivity index (χ0) is 12.4. The third-order valence-electron chi connectivity index (χ3n) is 2.99. The van der Waals surface area contributed by atoms with Crippen molar-refractivity contribution in [2.24, 2.45) is 0 Å². The van der Waals surface area contributed by atoms with Gasteiger partial charge >= 0.3 is 0 Å². The summed E-state index contributed by atoms with van der Waals surface area (Å²) in [6, 6.07) is 7.95. The molecule has 17 heavy (non-hydrogen) atoms. The van der Waals surface area contributed by atoms with Crippen LogP contribution in [0, 0.1) is 13.8 Å². The predicted molar refractivity (Wildman–Crippen MR) is 69.0 cm³/mol. The van der Waals surface area contributed by atoms with E-state index in [9.17, 15) is 0 Å². The molecule has 3 nitrogen and oxygen atoms in total. The monoisotopic (exact) mass is 230 g/mol. The molecule has 0 saturated heterocycles. The number of nitrogens with two attached hydrogens (primary N) is 1. The molecule has 1 unspecified atom stereocenters. The molecule has 2 N–H and O–H groups in total. The maximum atomic E-state index is 5.66. The first-order valence-electron chi connectivity index (χ1n) is 5.84. The van der Waals surface area contributed by atoms with Crippen LogP contribution in [0.4, 0.5) is 5.69 Å². The largest absolute Gasteiger partial charge is 0.445 e. The van der Waals surface area contributed by atoms with E-state index in [0.717, 1.165) is 29.5 Å². The highest BCUT2D eigenvalue weighted by molar-refractivity contribution is 5.39. The third kappa shape index (κ3) is 2.67. The lowest BCUT2D eigenvalue weighted by molar-refractivity contribution is 0.438. The predicted octanol–water partition coefficient (Wildman–Crippen LogP) is 3.22. The van der Waals surface area contributed by atoms with Crippen LogP contribution in [-0.4, -0.2) is 4.98 Å². The molecule has 1 aromatic carbocycles. The van der Waals surface area contributed by atoms with Gasteiger partial charge in [0.05, 0.1) is 5.69 Å². The molecule has 0 aliphatic rings. The van der Waals surface area contributed by atoms with E-state index in [1.165, 1.54) is 5.56 Å². The van der Waals surface area contributed by atoms with Crippen LogP contribution in [0.25, 0.3) is 0 Å². The SMILES string of the molecule is Cc1nc(C(C)Cc2ccc(N)cc2)oc1C. The topological polar surface area (TPSA) is 52.0 Å². The first-order chi connectivity index (χ1) is 8.06. The number of rotatable bonds is 3. The lowest BCUT2D eigenvalue weighted by Crippen LogP contribution is -1.99. The Morgan fingerprint density at radius 1 is 1.24 bits per heavy atom. The Hall–Kier alpha value is -1.77. The van der Waals surface area contributed by atoms with E-state index in [-0.39, 0.29) is 5.92 Å². The molecule has 0 spiro atoms. The number of aromatic nitrogens is 1. The van der Waals surface area contributed by atoms with Crippen molar-refractivity contribution >= 4 is 5.69 Å². The van der Waals surface area contributed by atoms with Gasteiger partial charge in [-0.2, -0.15) is 0 Å². The van der Waals surface area contributed by atoms with Crippen molar-refractivity contribution in [3.8, 4) is 0 Å². The van der Waals surface area contributed by atoms with Crippen molar-refractivity contribution in [1.29, 1.82) is 0 Å². The molecule has 0 saturated carbocycles. The average molecular weight is 230 g/mol. The summed E-state index contributed by atoms with van der Waals surface area (Å²) in [4.78, 5) is 4.43. The van der Waals surface area contributed by atoms with Crippen molar-refractivity contribution in [2.75, 3.05) is 5.73 Å². The van der Waals surface area contributed by atoms with Crippen molar-refractivity contribution in [3.05, 3.63) is 47.2 Å². The highest BCUT2D eigenvalue weighted by Gasteiger charge is 2.14. The van der Waals surface area contributed by atoms with Gasteiger partial charge in [-0.3, -0.25) is 0 Å². The Bertz CT molecular complexity index is 480. The van der Waals surface area contributed by atoms with Crippen molar-refractivity contribution < 1.29 is 4.42 Å². The zero-order valence-electron chi connectivity index (χ0n) is 10.5. The van der Waals surface area contributed by atoms with E-state index in [1.807, 2.05) is 26.0 Å². The first kappa shape index (κ1) is 11.7. The summed E-state index contributed by atoms with van der Waals surface area (Å²) >= 11 is 0. The molecule has 0 amide bonds. The van der Waals surface area contributed by atoms with E-state index in [1.54, 1.807) is 0 Å². The Labute approximate surface area is 102 Å². The number of nitrogens with zero attached hydrogens (tertiary/aromatic N) is 1. The second-order valence-corrected chi connectivity index (χ2v) is 4.54. The fraction of sp³-hybridized carbons (Fsp3) is 0.357. The van der Waals surface area contributed by atoms with Gasteiger partial charge in [0.15, 0.2) is 5.89 Å². The van der Waals surface area contributed by atoms with E-state index >= 15 is 0 Å². The van der Waals surface area contributed by atoms with Crippen LogP contribution >= 0.6 is 0 Å². The quantitative estimate of drug-likeness (QED) is 0.824. The summed E-state index contributed by atoms with van der Waals surface area (Å²) in [5.41, 5.74) is 8.68. The van der Waals surface area contributed by atoms with Crippen LogP contribution in [0.2, 0.25) is 0 Å². The van der Waals surface area contributed by atoms with Crippen LogP contribution in [0.15, 0.2) is 28.7 Å². The number of nitrogen functional groups attached to an aromatic ring is 1. The van der Waals surface area contributed by atoms with E-state index in [4.69, 9.17) is 10.2 Å². The minimum atomic E-state index is 0.283. The highest BCUT2D eigenvalue weighted by atomic mass is 16.4. The normalized spacial score (nSPS) is 12.6. The molecule has 0 aliphatic carbocycles. The molecule has 0 aliphatic heterocycles. The second kappa shape index (κ2) is 4.62. The summed E-state index contributed by atoms with van der Waals surface area (Å²) < 4.78 is 5.64. The summed E-state index contributed by atoms with van der Waals surface area (Å²) in [7, 11) is 0. The van der Waals surface area contributed by atoms with Gasteiger partial charge in [0.2, 0.25) is 0 Å². The fourth-order valence-corrected chi connectivity index (χ4v) is 1.80. The van der Waals surface area contributed by atoms with Gasteiger partial charge in [-0.05, 0) is 38.0 Å². The highest BCUT2D eigenvalue weighted by Crippen LogP contribution is 2.22. The molecule has 1 heterocycles. The zero-order valence-corrected chi connectivity index (χ0v) is 10.5. The maximum Gasteiger partial charge on any atom is 0.197 e. The second-order valence-electron chi connectivity index (χ2n) is 4.54. The van der Waals surface area contributed by atoms with Crippen LogP contribution in [-0.2, 0) is 6.42 Å². The molecule has 0 fully saturated rings. The smallest absolute Gasteiger partial charge is 0.197 e. The maximum absolute atomic E-state index is 5.66. The van der Waals surface area contributed by atoms with Crippen LogP contribution < -0.4 is 5.73 Å². The summed E-state index contributed by atoms with van der Waals surface area (Å²) in [5.74, 6) is 2.01. The number of hydrogen-bond acceptors (Lipinski definition) is 3. The van der Waals surface area contributed by atoms with E-state index in [0.29, 0.717) is 0 Å². The molecular formula is C14H18N2O. The van der Waals surface area contributed by atoms with Crippen LogP contribution in [0.3, 0.4) is 0 Å². The minimum Gasteiger partial charge on any atom is -0.445 e. The van der Waals surface area contributed by atoms with Gasteiger partial charge in [0, 0.05) is 11.6 Å². The molecule has 0 bridgehead atoms. The molecule has 1 aromatic heterocycles. The number of oxazole rings is 1. The molecule has 0 radical (unpaired) electrons. The van der Waals surface area contributed by atoms with Gasteiger partial charge in [-0.25, -0.2) is 4.98 Å². The summed E-state index contributed by atoms with van der Waals surface area (Å²) in [6.07, 6.45) is 0.916. The first-order valence-corrected chi connectivity index (χ1v) is 5.84. The van der Waals surface area contributed by atoms with Crippen molar-refractivity contribution in [3.63, 3.8) is 0 Å². The molecule has 1 atom stereocenters. The summed E-state index contributed by atoms with van der Waals surface area (Å²) in [6.45, 7) is 6.04. The Kier molecular flexibility index (Phi) is 3.18. The molecule has 90 valence electrons. The Morgan fingerprint density at radius 3 is 2.41 bits per heavy atom. The number of aryl methyl sites for hydroxylation is 2. The third-order valence-corrected chi connectivity index (χ3v) is 2.99. The van der Waals surface area contributed by atoms with Crippen LogP contribution in [0.5, 0.6) is 0 Å². The Morgan fingerprint density at radius 2 is 1.88 bits per heavy atom. The van der Waals surface area contributed by atoms with Gasteiger partial charge < -0.3 is 10.2 Å². The number of benzene rings is 1. The van der Waals surface area contributed by atoms with Gasteiger partial charge in [-0.15, -0.1) is 0 Å². The van der Waals surface area contributed by atoms with Gasteiger partial charge in [-0.1, -0.05) is 19.1 Å². The molecular weight excluding hydrogens is 212 g/mol. The van der Waals surface area contributed by atoms with Gasteiger partial charge in [0.1, 0.15) is 5.76 Å². The van der Waals surface area contributed by atoms with Crippen LogP contribution in [0.1, 0.15) is 35.7 Å². The lowest BCUT2D eigenvalue weighted by atomic mass is 10.0. The average Bonchev–Trinajstić information content (AvgIpc) is 2.63. The summed E-state index contributed by atoms with van der Waals surface area (Å²) in [5, 5.41) is 0. The minimum absolute atomic E-state index is 0.283. The van der Waals surface area contributed by atoms with Gasteiger partial charge in [0.25, 0.3) is 0 Å². The molecule has 3 heteroatoms. The van der Waals surface area contributed by atoms with Crippen molar-refractivity contribution in [2.45, 2.75) is 33.1 Å².